The zero-order valence-corrected chi connectivity index (χ0v) is 10.7. The number of rotatable bonds is 7. The summed E-state index contributed by atoms with van der Waals surface area (Å²) < 4.78 is 1.96. The molecule has 0 saturated carbocycles. The Morgan fingerprint density at radius 3 is 2.76 bits per heavy atom. The summed E-state index contributed by atoms with van der Waals surface area (Å²) in [5.74, 6) is -0.779. The van der Waals surface area contributed by atoms with Gasteiger partial charge >= 0.3 is 5.97 Å². The molecule has 0 spiro atoms. The van der Waals surface area contributed by atoms with E-state index in [0.717, 1.165) is 24.4 Å². The van der Waals surface area contributed by atoms with Crippen molar-refractivity contribution >= 4 is 5.97 Å². The van der Waals surface area contributed by atoms with Crippen LogP contribution in [0.1, 0.15) is 31.2 Å². The molecule has 1 unspecified atom stereocenters. The predicted molar refractivity (Wildman–Crippen MR) is 66.0 cm³/mol. The van der Waals surface area contributed by atoms with Gasteiger partial charge in [0.1, 0.15) is 6.04 Å². The Kier molecular flexibility index (Phi) is 5.15. The van der Waals surface area contributed by atoms with E-state index < -0.39 is 12.0 Å². The highest BCUT2D eigenvalue weighted by Crippen LogP contribution is 2.02. The molecular formula is C12H21N3O2. The highest BCUT2D eigenvalue weighted by atomic mass is 16.4. The third kappa shape index (κ3) is 4.19. The fourth-order valence-corrected chi connectivity index (χ4v) is 1.81. The maximum absolute atomic E-state index is 10.8. The van der Waals surface area contributed by atoms with Crippen molar-refractivity contribution in [1.82, 2.24) is 15.1 Å². The predicted octanol–water partition coefficient (Wildman–Crippen LogP) is 1.34. The van der Waals surface area contributed by atoms with Crippen molar-refractivity contribution in [3.05, 3.63) is 17.5 Å². The smallest absolute Gasteiger partial charge is 0.320 e. The van der Waals surface area contributed by atoms with Crippen LogP contribution in [0.5, 0.6) is 0 Å². The Morgan fingerprint density at radius 2 is 2.29 bits per heavy atom. The second-order valence-electron chi connectivity index (χ2n) is 4.26. The molecule has 0 amide bonds. The summed E-state index contributed by atoms with van der Waals surface area (Å²) in [5, 5.41) is 16.2. The molecule has 96 valence electrons. The molecule has 1 atom stereocenters. The van der Waals surface area contributed by atoms with Crippen molar-refractivity contribution < 1.29 is 9.90 Å². The first-order valence-electron chi connectivity index (χ1n) is 6.01. The summed E-state index contributed by atoms with van der Waals surface area (Å²) in [6.07, 6.45) is 1.49. The van der Waals surface area contributed by atoms with Crippen molar-refractivity contribution in [1.29, 1.82) is 0 Å². The highest BCUT2D eigenvalue weighted by Gasteiger charge is 2.12. The lowest BCUT2D eigenvalue weighted by Crippen LogP contribution is -2.36. The van der Waals surface area contributed by atoms with Gasteiger partial charge in [-0.1, -0.05) is 6.92 Å². The number of nitrogens with zero attached hydrogens (tertiary/aromatic N) is 2. The van der Waals surface area contributed by atoms with Crippen LogP contribution in [-0.2, 0) is 11.3 Å². The number of hydrogen-bond donors (Lipinski definition) is 2. The van der Waals surface area contributed by atoms with Crippen LogP contribution < -0.4 is 5.32 Å². The monoisotopic (exact) mass is 239 g/mol. The minimum absolute atomic E-state index is 0.435. The minimum atomic E-state index is -0.779. The summed E-state index contributed by atoms with van der Waals surface area (Å²) >= 11 is 0. The van der Waals surface area contributed by atoms with Gasteiger partial charge in [-0.2, -0.15) is 5.10 Å². The van der Waals surface area contributed by atoms with Crippen molar-refractivity contribution in [2.75, 3.05) is 6.54 Å². The SMILES string of the molecule is CCC(NCCCn1nc(C)cc1C)C(=O)O. The number of carboxylic acids is 1. The summed E-state index contributed by atoms with van der Waals surface area (Å²) in [6.45, 7) is 7.39. The van der Waals surface area contributed by atoms with E-state index in [0.29, 0.717) is 13.0 Å². The number of carboxylic acid groups (broad SMARTS) is 1. The lowest BCUT2D eigenvalue weighted by Gasteiger charge is -2.12. The van der Waals surface area contributed by atoms with Crippen LogP contribution in [0, 0.1) is 13.8 Å². The zero-order valence-electron chi connectivity index (χ0n) is 10.7. The van der Waals surface area contributed by atoms with Crippen molar-refractivity contribution in [2.45, 2.75) is 46.2 Å². The quantitative estimate of drug-likeness (QED) is 0.705. The Labute approximate surface area is 102 Å². The molecule has 0 bridgehead atoms. The minimum Gasteiger partial charge on any atom is -0.480 e. The molecule has 0 aromatic carbocycles. The molecule has 0 aliphatic carbocycles. The van der Waals surface area contributed by atoms with Crippen LogP contribution in [0.15, 0.2) is 6.07 Å². The van der Waals surface area contributed by atoms with Crippen LogP contribution in [0.2, 0.25) is 0 Å². The molecule has 0 saturated heterocycles. The average Bonchev–Trinajstić information content (AvgIpc) is 2.57. The van der Waals surface area contributed by atoms with Gasteiger partial charge in [0.25, 0.3) is 0 Å². The van der Waals surface area contributed by atoms with Crippen LogP contribution in [0.25, 0.3) is 0 Å². The lowest BCUT2D eigenvalue weighted by atomic mass is 10.2. The normalized spacial score (nSPS) is 12.6. The van der Waals surface area contributed by atoms with Gasteiger partial charge in [0.15, 0.2) is 0 Å². The second kappa shape index (κ2) is 6.39. The molecule has 1 aromatic heterocycles. The molecule has 0 aliphatic rings. The third-order valence-corrected chi connectivity index (χ3v) is 2.75. The van der Waals surface area contributed by atoms with Crippen molar-refractivity contribution in [3.8, 4) is 0 Å². The van der Waals surface area contributed by atoms with Gasteiger partial charge in [0, 0.05) is 12.2 Å². The Morgan fingerprint density at radius 1 is 1.59 bits per heavy atom. The van der Waals surface area contributed by atoms with Crippen LogP contribution in [0.4, 0.5) is 0 Å². The first-order chi connectivity index (χ1) is 8.04. The maximum Gasteiger partial charge on any atom is 0.320 e. The summed E-state index contributed by atoms with van der Waals surface area (Å²) in [6, 6.07) is 1.61. The number of hydrogen-bond acceptors (Lipinski definition) is 3. The fraction of sp³-hybridized carbons (Fsp3) is 0.667. The van der Waals surface area contributed by atoms with E-state index in [2.05, 4.69) is 10.4 Å². The Bertz CT molecular complexity index is 374. The number of aryl methyl sites for hydroxylation is 3. The number of nitrogens with one attached hydrogen (secondary N) is 1. The largest absolute Gasteiger partial charge is 0.480 e. The molecule has 0 fully saturated rings. The Hall–Kier alpha value is -1.36. The van der Waals surface area contributed by atoms with Crippen molar-refractivity contribution in [3.63, 3.8) is 0 Å². The van der Waals surface area contributed by atoms with Gasteiger partial charge in [0.2, 0.25) is 0 Å². The van der Waals surface area contributed by atoms with E-state index in [4.69, 9.17) is 5.11 Å². The summed E-state index contributed by atoms with van der Waals surface area (Å²) in [5.41, 5.74) is 2.17. The van der Waals surface area contributed by atoms with E-state index in [1.54, 1.807) is 0 Å². The molecule has 5 nitrogen and oxygen atoms in total. The highest BCUT2D eigenvalue weighted by molar-refractivity contribution is 5.73. The lowest BCUT2D eigenvalue weighted by molar-refractivity contribution is -0.139. The zero-order chi connectivity index (χ0) is 12.8. The van der Waals surface area contributed by atoms with E-state index in [-0.39, 0.29) is 0 Å². The number of aromatic nitrogens is 2. The van der Waals surface area contributed by atoms with Crippen molar-refractivity contribution in [2.24, 2.45) is 0 Å². The standard InChI is InChI=1S/C12H21N3O2/c1-4-11(12(16)17)13-6-5-7-15-10(3)8-9(2)14-15/h8,11,13H,4-7H2,1-3H3,(H,16,17). The fourth-order valence-electron chi connectivity index (χ4n) is 1.81. The summed E-state index contributed by atoms with van der Waals surface area (Å²) in [4.78, 5) is 10.8. The average molecular weight is 239 g/mol. The molecule has 1 rings (SSSR count). The first kappa shape index (κ1) is 13.7. The molecule has 1 heterocycles. The molecular weight excluding hydrogens is 218 g/mol. The molecule has 2 N–H and O–H groups in total. The van der Waals surface area contributed by atoms with Gasteiger partial charge < -0.3 is 10.4 Å². The van der Waals surface area contributed by atoms with E-state index in [1.807, 2.05) is 31.5 Å². The van der Waals surface area contributed by atoms with Crippen LogP contribution >= 0.6 is 0 Å². The van der Waals surface area contributed by atoms with Crippen LogP contribution in [0.3, 0.4) is 0 Å². The molecule has 5 heteroatoms. The van der Waals surface area contributed by atoms with Gasteiger partial charge in [0.05, 0.1) is 5.69 Å². The van der Waals surface area contributed by atoms with Gasteiger partial charge in [-0.3, -0.25) is 9.48 Å². The maximum atomic E-state index is 10.8. The van der Waals surface area contributed by atoms with Gasteiger partial charge in [-0.05, 0) is 39.3 Å². The van der Waals surface area contributed by atoms with Gasteiger partial charge in [-0.25, -0.2) is 0 Å². The van der Waals surface area contributed by atoms with E-state index in [9.17, 15) is 4.79 Å². The molecule has 17 heavy (non-hydrogen) atoms. The molecule has 1 aromatic rings. The second-order valence-corrected chi connectivity index (χ2v) is 4.26. The number of aliphatic carboxylic acids is 1. The first-order valence-corrected chi connectivity index (χ1v) is 6.01. The molecule has 0 aliphatic heterocycles. The van der Waals surface area contributed by atoms with Gasteiger partial charge in [-0.15, -0.1) is 0 Å². The van der Waals surface area contributed by atoms with E-state index in [1.165, 1.54) is 0 Å². The number of carbonyl (C=O) groups is 1. The van der Waals surface area contributed by atoms with E-state index >= 15 is 0 Å². The Balaban J connectivity index is 2.29. The summed E-state index contributed by atoms with van der Waals surface area (Å²) in [7, 11) is 0. The third-order valence-electron chi connectivity index (χ3n) is 2.75. The van der Waals surface area contributed by atoms with Crippen LogP contribution in [-0.4, -0.2) is 33.4 Å². The topological polar surface area (TPSA) is 67.2 Å². The molecule has 0 radical (unpaired) electrons.